The SMILES string of the molecule is CCC[C@H]1CCCC[C@H](CC(=O)OC(C)(C)C)C(=O)O[C@@H](C)[C@@H]1O[Si](C(C)C)(C(C)C)C(C)C. The van der Waals surface area contributed by atoms with E-state index in [2.05, 4.69) is 48.5 Å². The van der Waals surface area contributed by atoms with Gasteiger partial charge < -0.3 is 13.9 Å². The van der Waals surface area contributed by atoms with E-state index in [1.807, 2.05) is 27.7 Å². The molecule has 0 aromatic rings. The van der Waals surface area contributed by atoms with E-state index in [0.717, 1.165) is 32.1 Å². The van der Waals surface area contributed by atoms with Crippen molar-refractivity contribution in [1.29, 1.82) is 0 Å². The number of cyclic esters (lactones) is 1. The van der Waals surface area contributed by atoms with Gasteiger partial charge in [-0.3, -0.25) is 9.59 Å². The quantitative estimate of drug-likeness (QED) is 0.239. The van der Waals surface area contributed by atoms with Crippen LogP contribution in [0.25, 0.3) is 0 Å². The molecule has 5 nitrogen and oxygen atoms in total. The molecule has 0 N–H and O–H groups in total. The Morgan fingerprint density at radius 3 is 2.03 bits per heavy atom. The molecular weight excluding hydrogens is 444 g/mol. The third-order valence-corrected chi connectivity index (χ3v) is 13.6. The lowest BCUT2D eigenvalue weighted by molar-refractivity contribution is -0.168. The first-order chi connectivity index (χ1) is 15.7. The standard InChI is InChI=1S/C28H54O5Si/c1-12-15-23-16-13-14-17-24(18-25(29)32-28(9,10)11)27(30)31-22(8)26(23)33-34(19(2)3,20(4)5)21(6)7/h19-24,26H,12-18H2,1-11H3/t22-,23-,24+,26-/m0/s1. The maximum Gasteiger partial charge on any atom is 0.309 e. The molecule has 0 aromatic heterocycles. The summed E-state index contributed by atoms with van der Waals surface area (Å²) in [7, 11) is -2.15. The van der Waals surface area contributed by atoms with E-state index in [0.29, 0.717) is 29.0 Å². The fraction of sp³-hybridized carbons (Fsp3) is 0.929. The average molecular weight is 499 g/mol. The number of rotatable bonds is 9. The third-order valence-electron chi connectivity index (χ3n) is 7.48. The van der Waals surface area contributed by atoms with Gasteiger partial charge in [-0.1, -0.05) is 67.7 Å². The van der Waals surface area contributed by atoms with Gasteiger partial charge in [0.25, 0.3) is 0 Å². The number of esters is 2. The van der Waals surface area contributed by atoms with Gasteiger partial charge in [0.2, 0.25) is 8.32 Å². The molecule has 1 fully saturated rings. The summed E-state index contributed by atoms with van der Waals surface area (Å²) in [6.45, 7) is 23.6. The molecule has 34 heavy (non-hydrogen) atoms. The summed E-state index contributed by atoms with van der Waals surface area (Å²) < 4.78 is 18.9. The van der Waals surface area contributed by atoms with E-state index in [-0.39, 0.29) is 30.6 Å². The highest BCUT2D eigenvalue weighted by atomic mass is 28.4. The molecule has 6 heteroatoms. The van der Waals surface area contributed by atoms with Gasteiger partial charge in [-0.05, 0) is 69.5 Å². The molecule has 4 atom stereocenters. The minimum absolute atomic E-state index is 0.0788. The first-order valence-electron chi connectivity index (χ1n) is 13.8. The van der Waals surface area contributed by atoms with E-state index in [1.165, 1.54) is 0 Å². The minimum atomic E-state index is -2.15. The molecule has 0 amide bonds. The largest absolute Gasteiger partial charge is 0.460 e. The molecule has 200 valence electrons. The zero-order valence-electron chi connectivity index (χ0n) is 24.0. The highest BCUT2D eigenvalue weighted by Crippen LogP contribution is 2.45. The van der Waals surface area contributed by atoms with Crippen LogP contribution < -0.4 is 0 Å². The first-order valence-corrected chi connectivity index (χ1v) is 15.9. The van der Waals surface area contributed by atoms with Gasteiger partial charge in [0.05, 0.1) is 18.4 Å². The lowest BCUT2D eigenvalue weighted by atomic mass is 9.86. The van der Waals surface area contributed by atoms with Crippen LogP contribution in [0.1, 0.15) is 121 Å². The molecule has 1 aliphatic rings. The molecular formula is C28H54O5Si. The second-order valence-corrected chi connectivity index (χ2v) is 17.8. The van der Waals surface area contributed by atoms with Crippen molar-refractivity contribution in [2.45, 2.75) is 156 Å². The van der Waals surface area contributed by atoms with Gasteiger partial charge in [0.1, 0.15) is 11.7 Å². The number of hydrogen-bond donors (Lipinski definition) is 0. The second kappa shape index (κ2) is 13.4. The predicted octanol–water partition coefficient (Wildman–Crippen LogP) is 7.82. The normalized spacial score (nSPS) is 25.5. The summed E-state index contributed by atoms with van der Waals surface area (Å²) in [6.07, 6.45) is 5.47. The van der Waals surface area contributed by atoms with E-state index < -0.39 is 19.8 Å². The minimum Gasteiger partial charge on any atom is -0.460 e. The van der Waals surface area contributed by atoms with Crippen LogP contribution >= 0.6 is 0 Å². The number of carbonyl (C=O) groups is 2. The van der Waals surface area contributed by atoms with Gasteiger partial charge in [-0.2, -0.15) is 0 Å². The monoisotopic (exact) mass is 498 g/mol. The molecule has 0 radical (unpaired) electrons. The van der Waals surface area contributed by atoms with Crippen molar-refractivity contribution >= 4 is 20.3 Å². The van der Waals surface area contributed by atoms with E-state index >= 15 is 0 Å². The summed E-state index contributed by atoms with van der Waals surface area (Å²) in [5, 5.41) is 0. The molecule has 0 spiro atoms. The lowest BCUT2D eigenvalue weighted by Gasteiger charge is -2.47. The Morgan fingerprint density at radius 1 is 1.03 bits per heavy atom. The maximum absolute atomic E-state index is 13.2. The summed E-state index contributed by atoms with van der Waals surface area (Å²) in [5.41, 5.74) is 0.837. The van der Waals surface area contributed by atoms with Crippen LogP contribution in [0.3, 0.4) is 0 Å². The Kier molecular flexibility index (Phi) is 12.3. The van der Waals surface area contributed by atoms with Crippen molar-refractivity contribution in [3.63, 3.8) is 0 Å². The zero-order valence-corrected chi connectivity index (χ0v) is 25.0. The van der Waals surface area contributed by atoms with E-state index in [9.17, 15) is 9.59 Å². The van der Waals surface area contributed by atoms with Crippen LogP contribution in [0.2, 0.25) is 16.6 Å². The number of hydrogen-bond acceptors (Lipinski definition) is 5. The first kappa shape index (κ1) is 31.1. The number of ether oxygens (including phenoxy) is 2. The van der Waals surface area contributed by atoms with Crippen molar-refractivity contribution in [1.82, 2.24) is 0 Å². The van der Waals surface area contributed by atoms with Crippen LogP contribution in [0.15, 0.2) is 0 Å². The molecule has 1 rings (SSSR count). The van der Waals surface area contributed by atoms with Crippen LogP contribution in [0.5, 0.6) is 0 Å². The fourth-order valence-corrected chi connectivity index (χ4v) is 11.8. The van der Waals surface area contributed by atoms with Crippen LogP contribution in [0, 0.1) is 11.8 Å². The lowest BCUT2D eigenvalue weighted by Crippen LogP contribution is -2.54. The van der Waals surface area contributed by atoms with Crippen LogP contribution in [0.4, 0.5) is 0 Å². The highest BCUT2D eigenvalue weighted by Gasteiger charge is 2.49. The van der Waals surface area contributed by atoms with E-state index in [4.69, 9.17) is 13.9 Å². The number of carbonyl (C=O) groups excluding carboxylic acids is 2. The molecule has 0 saturated carbocycles. The smallest absolute Gasteiger partial charge is 0.309 e. The Bertz CT molecular complexity index is 615. The summed E-state index contributed by atoms with van der Waals surface area (Å²) in [4.78, 5) is 25.7. The van der Waals surface area contributed by atoms with Gasteiger partial charge in [0, 0.05) is 0 Å². The fourth-order valence-electron chi connectivity index (χ4n) is 6.09. The molecule has 1 saturated heterocycles. The summed E-state index contributed by atoms with van der Waals surface area (Å²) >= 11 is 0. The Labute approximate surface area is 211 Å². The molecule has 0 aliphatic carbocycles. The van der Waals surface area contributed by atoms with Crippen molar-refractivity contribution in [3.05, 3.63) is 0 Å². The predicted molar refractivity (Wildman–Crippen MR) is 142 cm³/mol. The molecule has 1 aliphatic heterocycles. The van der Waals surface area contributed by atoms with E-state index in [1.54, 1.807) is 0 Å². The van der Waals surface area contributed by atoms with Gasteiger partial charge in [-0.25, -0.2) is 0 Å². The zero-order chi connectivity index (χ0) is 26.3. The van der Waals surface area contributed by atoms with Gasteiger partial charge in [0.15, 0.2) is 0 Å². The highest BCUT2D eigenvalue weighted by molar-refractivity contribution is 6.77. The molecule has 0 unspecified atom stereocenters. The van der Waals surface area contributed by atoms with Gasteiger partial charge in [-0.15, -0.1) is 0 Å². The van der Waals surface area contributed by atoms with Gasteiger partial charge >= 0.3 is 11.9 Å². The van der Waals surface area contributed by atoms with Crippen molar-refractivity contribution in [2.75, 3.05) is 0 Å². The summed E-state index contributed by atoms with van der Waals surface area (Å²) in [5.74, 6) is -0.696. The molecule has 1 heterocycles. The molecule has 0 aromatic carbocycles. The second-order valence-electron chi connectivity index (χ2n) is 12.4. The molecule has 0 bridgehead atoms. The van der Waals surface area contributed by atoms with Crippen LogP contribution in [-0.4, -0.2) is 38.1 Å². The van der Waals surface area contributed by atoms with Crippen molar-refractivity contribution < 1.29 is 23.5 Å². The van der Waals surface area contributed by atoms with Crippen molar-refractivity contribution in [3.8, 4) is 0 Å². The summed E-state index contributed by atoms with van der Waals surface area (Å²) in [6, 6.07) is 0. The Balaban J connectivity index is 3.23. The topological polar surface area (TPSA) is 61.8 Å². The van der Waals surface area contributed by atoms with Crippen molar-refractivity contribution in [2.24, 2.45) is 11.8 Å². The van der Waals surface area contributed by atoms with Crippen LogP contribution in [-0.2, 0) is 23.5 Å². The third kappa shape index (κ3) is 8.65. The average Bonchev–Trinajstić information content (AvgIpc) is 2.67. The maximum atomic E-state index is 13.2. The Hall–Kier alpha value is -0.883. The Morgan fingerprint density at radius 2 is 1.56 bits per heavy atom.